The highest BCUT2D eigenvalue weighted by Gasteiger charge is 1.89. The molecule has 0 atom stereocenters. The van der Waals surface area contributed by atoms with E-state index in [4.69, 9.17) is 0 Å². The van der Waals surface area contributed by atoms with Gasteiger partial charge in [-0.15, -0.1) is 23.5 Å². The second kappa shape index (κ2) is 15.0. The quantitative estimate of drug-likeness (QED) is 0.278. The smallest absolute Gasteiger partial charge is 0.211 e. The van der Waals surface area contributed by atoms with Gasteiger partial charge in [-0.25, -0.2) is 19.6 Å². The molecule has 0 spiro atoms. The van der Waals surface area contributed by atoms with Crippen LogP contribution in [0.25, 0.3) is 0 Å². The first kappa shape index (κ1) is 15.9. The van der Waals surface area contributed by atoms with Crippen molar-refractivity contribution in [1.29, 1.82) is 0 Å². The van der Waals surface area contributed by atoms with Gasteiger partial charge >= 0.3 is 0 Å². The maximum Gasteiger partial charge on any atom is 0.234 e. The van der Waals surface area contributed by atoms with Gasteiger partial charge in [0, 0.05) is 16.6 Å². The maximum absolute atomic E-state index is 9.66. The van der Waals surface area contributed by atoms with Crippen LogP contribution in [0.2, 0.25) is 0 Å². The maximum atomic E-state index is 9.66. The Hall–Kier alpha value is -0.540. The van der Waals surface area contributed by atoms with Gasteiger partial charge in [-0.05, 0) is 0 Å². The summed E-state index contributed by atoms with van der Waals surface area (Å²) in [6, 6.07) is 0. The average molecular weight is 234 g/mol. The van der Waals surface area contributed by atoms with Crippen LogP contribution in [0.4, 0.5) is 0 Å². The molecule has 0 saturated carbocycles. The number of thioether (sulfide) groups is 2. The molecule has 80 valence electrons. The van der Waals surface area contributed by atoms with Crippen LogP contribution in [0.15, 0.2) is 9.98 Å². The predicted octanol–water partition coefficient (Wildman–Crippen LogP) is 1.72. The first-order chi connectivity index (χ1) is 6.41. The molecule has 0 N–H and O–H groups in total. The van der Waals surface area contributed by atoms with E-state index < -0.39 is 0 Å². The SMILES string of the molecule is C.O=C=NCCSCSCCN=C=O. The van der Waals surface area contributed by atoms with E-state index in [2.05, 4.69) is 9.98 Å². The van der Waals surface area contributed by atoms with Gasteiger partial charge in [-0.1, -0.05) is 7.43 Å². The fraction of sp³-hybridized carbons (Fsp3) is 0.750. The molecule has 4 nitrogen and oxygen atoms in total. The lowest BCUT2D eigenvalue weighted by molar-refractivity contribution is 0.562. The van der Waals surface area contributed by atoms with E-state index in [-0.39, 0.29) is 7.43 Å². The second-order valence-electron chi connectivity index (χ2n) is 1.88. The third-order valence-corrected chi connectivity index (χ3v) is 3.27. The van der Waals surface area contributed by atoms with Gasteiger partial charge in [0.1, 0.15) is 0 Å². The van der Waals surface area contributed by atoms with Crippen LogP contribution in [0.5, 0.6) is 0 Å². The molecule has 0 aromatic heterocycles. The molecule has 0 rings (SSSR count). The molecular formula is C8H14N2O2S2. The van der Waals surface area contributed by atoms with Crippen molar-refractivity contribution < 1.29 is 9.59 Å². The minimum Gasteiger partial charge on any atom is -0.211 e. The Kier molecular flexibility index (Phi) is 17.0. The standard InChI is InChI=1S/C7H10N2O2S2.CH4/c10-5-8-1-3-12-7-13-4-2-9-6-11;/h1-4,7H2;1H4. The highest BCUT2D eigenvalue weighted by molar-refractivity contribution is 8.15. The van der Waals surface area contributed by atoms with E-state index in [1.54, 1.807) is 23.5 Å². The van der Waals surface area contributed by atoms with Gasteiger partial charge in [-0.2, -0.15) is 0 Å². The van der Waals surface area contributed by atoms with Crippen LogP contribution in [-0.2, 0) is 9.59 Å². The summed E-state index contributed by atoms with van der Waals surface area (Å²) in [5, 5.41) is 0.933. The largest absolute Gasteiger partial charge is 0.234 e. The molecule has 0 unspecified atom stereocenters. The summed E-state index contributed by atoms with van der Waals surface area (Å²) >= 11 is 3.40. The number of nitrogens with zero attached hydrogens (tertiary/aromatic N) is 2. The van der Waals surface area contributed by atoms with Crippen LogP contribution in [0.3, 0.4) is 0 Å². The van der Waals surface area contributed by atoms with E-state index >= 15 is 0 Å². The van der Waals surface area contributed by atoms with Crippen molar-refractivity contribution in [2.24, 2.45) is 9.98 Å². The summed E-state index contributed by atoms with van der Waals surface area (Å²) in [7, 11) is 0. The monoisotopic (exact) mass is 234 g/mol. The van der Waals surface area contributed by atoms with Crippen molar-refractivity contribution in [2.75, 3.05) is 29.7 Å². The first-order valence-electron chi connectivity index (χ1n) is 3.64. The van der Waals surface area contributed by atoms with Crippen LogP contribution in [-0.4, -0.2) is 41.8 Å². The Morgan fingerprint density at radius 2 is 1.36 bits per heavy atom. The Balaban J connectivity index is 0. The van der Waals surface area contributed by atoms with Crippen LogP contribution in [0, 0.1) is 0 Å². The number of aliphatic imine (C=N–C) groups is 2. The summed E-state index contributed by atoms with van der Waals surface area (Å²) < 4.78 is 0. The van der Waals surface area contributed by atoms with Crippen molar-refractivity contribution in [2.45, 2.75) is 7.43 Å². The fourth-order valence-corrected chi connectivity index (χ4v) is 2.34. The third kappa shape index (κ3) is 14.0. The van der Waals surface area contributed by atoms with Crippen molar-refractivity contribution in [3.05, 3.63) is 0 Å². The predicted molar refractivity (Wildman–Crippen MR) is 62.5 cm³/mol. The molecule has 0 radical (unpaired) electrons. The van der Waals surface area contributed by atoms with E-state index in [0.29, 0.717) is 13.1 Å². The molecule has 6 heteroatoms. The van der Waals surface area contributed by atoms with Crippen LogP contribution < -0.4 is 0 Å². The lowest BCUT2D eigenvalue weighted by Crippen LogP contribution is -1.88. The highest BCUT2D eigenvalue weighted by atomic mass is 32.2. The summed E-state index contributed by atoms with van der Waals surface area (Å²) in [6.07, 6.45) is 2.97. The molecule has 0 aromatic carbocycles. The number of isocyanates is 2. The third-order valence-electron chi connectivity index (χ3n) is 0.991. The molecule has 0 saturated heterocycles. The molecule has 0 bridgehead atoms. The number of hydrogen-bond acceptors (Lipinski definition) is 6. The van der Waals surface area contributed by atoms with E-state index in [1.807, 2.05) is 0 Å². The van der Waals surface area contributed by atoms with Crippen molar-refractivity contribution in [3.63, 3.8) is 0 Å². The Labute approximate surface area is 92.7 Å². The zero-order valence-electron chi connectivity index (χ0n) is 7.06. The molecule has 0 aliphatic rings. The number of hydrogen-bond donors (Lipinski definition) is 0. The summed E-state index contributed by atoms with van der Waals surface area (Å²) in [6.45, 7) is 1.06. The van der Waals surface area contributed by atoms with Crippen LogP contribution in [0.1, 0.15) is 7.43 Å². The number of rotatable bonds is 8. The molecule has 0 heterocycles. The average Bonchev–Trinajstić information content (AvgIpc) is 2.16. The molecule has 0 amide bonds. The molecule has 14 heavy (non-hydrogen) atoms. The van der Waals surface area contributed by atoms with Crippen molar-refractivity contribution in [3.8, 4) is 0 Å². The normalized spacial score (nSPS) is 8.00. The molecule has 0 aliphatic heterocycles. The van der Waals surface area contributed by atoms with Crippen molar-refractivity contribution >= 4 is 35.7 Å². The minimum atomic E-state index is 0. The van der Waals surface area contributed by atoms with Gasteiger partial charge in [0.25, 0.3) is 0 Å². The summed E-state index contributed by atoms with van der Waals surface area (Å²) in [5.41, 5.74) is 0. The molecule has 0 aromatic rings. The lowest BCUT2D eigenvalue weighted by atomic mass is 10.8. The second-order valence-corrected chi connectivity index (χ2v) is 4.46. The Morgan fingerprint density at radius 1 is 0.929 bits per heavy atom. The zero-order chi connectivity index (χ0) is 9.78. The highest BCUT2D eigenvalue weighted by Crippen LogP contribution is 2.10. The van der Waals surface area contributed by atoms with Gasteiger partial charge in [0.2, 0.25) is 12.2 Å². The van der Waals surface area contributed by atoms with E-state index in [0.717, 1.165) is 16.6 Å². The fourth-order valence-electron chi connectivity index (χ4n) is 0.488. The van der Waals surface area contributed by atoms with Crippen molar-refractivity contribution in [1.82, 2.24) is 0 Å². The van der Waals surface area contributed by atoms with Gasteiger partial charge in [0.05, 0.1) is 13.1 Å². The zero-order valence-corrected chi connectivity index (χ0v) is 8.70. The van der Waals surface area contributed by atoms with E-state index in [9.17, 15) is 9.59 Å². The van der Waals surface area contributed by atoms with Gasteiger partial charge in [-0.3, -0.25) is 0 Å². The Morgan fingerprint density at radius 3 is 1.71 bits per heavy atom. The lowest BCUT2D eigenvalue weighted by Gasteiger charge is -1.96. The number of carbonyl (C=O) groups excluding carboxylic acids is 2. The summed E-state index contributed by atoms with van der Waals surface area (Å²) in [5.74, 6) is 1.67. The van der Waals surface area contributed by atoms with Gasteiger partial charge in [0.15, 0.2) is 0 Å². The Bertz CT molecular complexity index is 189. The summed E-state index contributed by atoms with van der Waals surface area (Å²) in [4.78, 5) is 26.1. The first-order valence-corrected chi connectivity index (χ1v) is 5.95. The van der Waals surface area contributed by atoms with Crippen LogP contribution >= 0.6 is 23.5 Å². The molecule has 0 aliphatic carbocycles. The van der Waals surface area contributed by atoms with E-state index in [1.165, 1.54) is 12.2 Å². The topological polar surface area (TPSA) is 58.9 Å². The molecule has 0 fully saturated rings. The van der Waals surface area contributed by atoms with Gasteiger partial charge < -0.3 is 0 Å². The molecular weight excluding hydrogens is 220 g/mol. The minimum absolute atomic E-state index is 0.